The summed E-state index contributed by atoms with van der Waals surface area (Å²) in [5, 5.41) is 8.94. The van der Waals surface area contributed by atoms with Crippen LogP contribution in [0.1, 0.15) is 53.9 Å². The summed E-state index contributed by atoms with van der Waals surface area (Å²) in [5.74, 6) is 0.913. The first-order valence-electron chi connectivity index (χ1n) is 10.9. The van der Waals surface area contributed by atoms with Crippen LogP contribution in [0.5, 0.6) is 0 Å². The molecule has 2 amide bonds. The summed E-state index contributed by atoms with van der Waals surface area (Å²) in [6.45, 7) is 13.4. The van der Waals surface area contributed by atoms with E-state index in [0.29, 0.717) is 26.2 Å². The summed E-state index contributed by atoms with van der Waals surface area (Å²) >= 11 is 0. The van der Waals surface area contributed by atoms with Crippen LogP contribution in [-0.4, -0.2) is 80.9 Å². The highest BCUT2D eigenvalue weighted by Crippen LogP contribution is 2.14. The van der Waals surface area contributed by atoms with E-state index in [2.05, 4.69) is 25.8 Å². The maximum Gasteiger partial charge on any atom is 0.407 e. The summed E-state index contributed by atoms with van der Waals surface area (Å²) in [6.07, 6.45) is 2.46. The molecule has 0 bridgehead atoms. The molecule has 0 aromatic carbocycles. The summed E-state index contributed by atoms with van der Waals surface area (Å²) in [7, 11) is 1.77. The monoisotopic (exact) mass is 555 g/mol. The number of hydrogen-bond donors (Lipinski definition) is 3. The molecule has 0 radical (unpaired) electrons. The van der Waals surface area contributed by atoms with Crippen molar-refractivity contribution in [2.24, 2.45) is 10.9 Å². The summed E-state index contributed by atoms with van der Waals surface area (Å²) < 4.78 is 11.2. The zero-order valence-electron chi connectivity index (χ0n) is 20.0. The van der Waals surface area contributed by atoms with Crippen LogP contribution in [0.25, 0.3) is 0 Å². The third kappa shape index (κ3) is 13.7. The molecule has 31 heavy (non-hydrogen) atoms. The third-order valence-corrected chi connectivity index (χ3v) is 4.53. The fourth-order valence-electron chi connectivity index (χ4n) is 2.96. The normalized spacial score (nSPS) is 15.3. The van der Waals surface area contributed by atoms with Gasteiger partial charge in [-0.2, -0.15) is 0 Å². The number of rotatable bonds is 9. The lowest BCUT2D eigenvalue weighted by atomic mass is 10.1. The van der Waals surface area contributed by atoms with E-state index in [0.717, 1.165) is 38.3 Å². The van der Waals surface area contributed by atoms with Crippen molar-refractivity contribution in [3.63, 3.8) is 0 Å². The molecule has 1 rings (SSSR count). The van der Waals surface area contributed by atoms with Crippen molar-refractivity contribution >= 4 is 41.9 Å². The highest BCUT2D eigenvalue weighted by Gasteiger charge is 2.22. The van der Waals surface area contributed by atoms with Crippen LogP contribution in [0.15, 0.2) is 4.99 Å². The Hall–Kier alpha value is -1.30. The third-order valence-electron chi connectivity index (χ3n) is 4.53. The SMILES string of the molecule is CN=C(NCCNC(=O)C(C)C)N1CCC(OCCCNC(=O)OC(C)(C)C)CC1.I. The van der Waals surface area contributed by atoms with Crippen molar-refractivity contribution in [2.75, 3.05) is 46.4 Å². The van der Waals surface area contributed by atoms with Crippen LogP contribution < -0.4 is 16.0 Å². The van der Waals surface area contributed by atoms with Gasteiger partial charge in [-0.25, -0.2) is 4.79 Å². The van der Waals surface area contributed by atoms with Gasteiger partial charge in [0.25, 0.3) is 0 Å². The van der Waals surface area contributed by atoms with Crippen LogP contribution in [0.4, 0.5) is 4.79 Å². The van der Waals surface area contributed by atoms with E-state index < -0.39 is 11.7 Å². The number of ether oxygens (including phenoxy) is 2. The molecule has 1 aliphatic rings. The minimum absolute atomic E-state index is 0. The predicted octanol–water partition coefficient (Wildman–Crippen LogP) is 2.35. The first-order chi connectivity index (χ1) is 14.1. The Bertz CT molecular complexity index is 558. The van der Waals surface area contributed by atoms with Crippen molar-refractivity contribution in [1.29, 1.82) is 0 Å². The summed E-state index contributed by atoms with van der Waals surface area (Å²) in [4.78, 5) is 29.7. The second kappa shape index (κ2) is 15.5. The standard InChI is InChI=1S/C21H41N5O4.HI/c1-16(2)18(27)23-11-12-24-19(22-6)26-13-8-17(9-14-26)29-15-7-10-25-20(28)30-21(3,4)5;/h16-17H,7-15H2,1-6H3,(H,22,24)(H,23,27)(H,25,28);1H. The van der Waals surface area contributed by atoms with Crippen molar-refractivity contribution in [3.05, 3.63) is 0 Å². The highest BCUT2D eigenvalue weighted by atomic mass is 127. The molecule has 1 heterocycles. The predicted molar refractivity (Wildman–Crippen MR) is 134 cm³/mol. The first-order valence-corrected chi connectivity index (χ1v) is 10.9. The Morgan fingerprint density at radius 2 is 1.68 bits per heavy atom. The molecule has 10 heteroatoms. The maximum atomic E-state index is 11.6. The van der Waals surface area contributed by atoms with E-state index in [9.17, 15) is 9.59 Å². The average molecular weight is 556 g/mol. The summed E-state index contributed by atoms with van der Waals surface area (Å²) in [6, 6.07) is 0. The van der Waals surface area contributed by atoms with Gasteiger partial charge in [-0.3, -0.25) is 9.79 Å². The number of aliphatic imine (C=N–C) groups is 1. The number of alkyl carbamates (subject to hydrolysis) is 1. The maximum absolute atomic E-state index is 11.6. The Labute approximate surface area is 204 Å². The Balaban J connectivity index is 0.00000900. The van der Waals surface area contributed by atoms with Gasteiger partial charge in [-0.15, -0.1) is 24.0 Å². The number of likely N-dealkylation sites (tertiary alicyclic amines) is 1. The Morgan fingerprint density at radius 3 is 2.23 bits per heavy atom. The van der Waals surface area contributed by atoms with Crippen molar-refractivity contribution in [2.45, 2.75) is 65.6 Å². The Kier molecular flexibility index (Phi) is 14.8. The van der Waals surface area contributed by atoms with Crippen LogP contribution >= 0.6 is 24.0 Å². The zero-order valence-corrected chi connectivity index (χ0v) is 22.3. The quantitative estimate of drug-likeness (QED) is 0.175. The molecule has 1 saturated heterocycles. The molecule has 1 aliphatic heterocycles. The number of nitrogens with zero attached hydrogens (tertiary/aromatic N) is 2. The largest absolute Gasteiger partial charge is 0.444 e. The minimum Gasteiger partial charge on any atom is -0.444 e. The molecule has 0 aromatic rings. The Morgan fingerprint density at radius 1 is 1.06 bits per heavy atom. The van der Waals surface area contributed by atoms with Crippen molar-refractivity contribution in [1.82, 2.24) is 20.9 Å². The van der Waals surface area contributed by atoms with E-state index in [-0.39, 0.29) is 41.9 Å². The van der Waals surface area contributed by atoms with Crippen molar-refractivity contribution < 1.29 is 19.1 Å². The number of carbonyl (C=O) groups excluding carboxylic acids is 2. The number of hydrogen-bond acceptors (Lipinski definition) is 5. The molecule has 0 spiro atoms. The van der Waals surface area contributed by atoms with E-state index in [4.69, 9.17) is 9.47 Å². The van der Waals surface area contributed by atoms with E-state index in [1.165, 1.54) is 0 Å². The number of carbonyl (C=O) groups is 2. The molecule has 0 saturated carbocycles. The van der Waals surface area contributed by atoms with Crippen LogP contribution in [0.3, 0.4) is 0 Å². The highest BCUT2D eigenvalue weighted by molar-refractivity contribution is 14.0. The molecule has 9 nitrogen and oxygen atoms in total. The van der Waals surface area contributed by atoms with Gasteiger partial charge in [0.05, 0.1) is 6.10 Å². The molecule has 0 aromatic heterocycles. The lowest BCUT2D eigenvalue weighted by molar-refractivity contribution is -0.123. The number of nitrogens with one attached hydrogen (secondary N) is 3. The minimum atomic E-state index is -0.480. The van der Waals surface area contributed by atoms with E-state index in [1.54, 1.807) is 7.05 Å². The second-order valence-electron chi connectivity index (χ2n) is 8.76. The number of guanidine groups is 1. The van der Waals surface area contributed by atoms with Crippen LogP contribution in [0.2, 0.25) is 0 Å². The fraction of sp³-hybridized carbons (Fsp3) is 0.857. The van der Waals surface area contributed by atoms with Gasteiger partial charge in [0.15, 0.2) is 5.96 Å². The van der Waals surface area contributed by atoms with Crippen molar-refractivity contribution in [3.8, 4) is 0 Å². The van der Waals surface area contributed by atoms with Crippen LogP contribution in [0, 0.1) is 5.92 Å². The molecule has 0 unspecified atom stereocenters. The second-order valence-corrected chi connectivity index (χ2v) is 8.76. The molecule has 3 N–H and O–H groups in total. The van der Waals surface area contributed by atoms with Gasteiger partial charge >= 0.3 is 6.09 Å². The summed E-state index contributed by atoms with van der Waals surface area (Å²) in [5.41, 5.74) is -0.480. The van der Waals surface area contributed by atoms with E-state index >= 15 is 0 Å². The molecular formula is C21H42IN5O4. The smallest absolute Gasteiger partial charge is 0.407 e. The molecule has 182 valence electrons. The van der Waals surface area contributed by atoms with Gasteiger partial charge in [0.1, 0.15) is 5.60 Å². The first kappa shape index (κ1) is 29.7. The topological polar surface area (TPSA) is 104 Å². The molecule has 0 aliphatic carbocycles. The lowest BCUT2D eigenvalue weighted by Gasteiger charge is -2.34. The number of piperidine rings is 1. The molecular weight excluding hydrogens is 513 g/mol. The van der Waals surface area contributed by atoms with Gasteiger partial charge < -0.3 is 30.3 Å². The van der Waals surface area contributed by atoms with Gasteiger partial charge in [-0.05, 0) is 40.0 Å². The van der Waals surface area contributed by atoms with Crippen LogP contribution in [-0.2, 0) is 14.3 Å². The number of halogens is 1. The average Bonchev–Trinajstić information content (AvgIpc) is 2.67. The van der Waals surface area contributed by atoms with Gasteiger partial charge in [-0.1, -0.05) is 13.8 Å². The molecule has 0 atom stereocenters. The number of amides is 2. The molecule has 1 fully saturated rings. The van der Waals surface area contributed by atoms with E-state index in [1.807, 2.05) is 34.6 Å². The fourth-order valence-corrected chi connectivity index (χ4v) is 2.96. The van der Waals surface area contributed by atoms with Gasteiger partial charge in [0, 0.05) is 52.3 Å². The van der Waals surface area contributed by atoms with Gasteiger partial charge in [0.2, 0.25) is 5.91 Å². The lowest BCUT2D eigenvalue weighted by Crippen LogP contribution is -2.48. The zero-order chi connectivity index (χ0) is 22.6.